The average molecular weight is 281 g/mol. The van der Waals surface area contributed by atoms with E-state index >= 15 is 0 Å². The van der Waals surface area contributed by atoms with Crippen LogP contribution in [0.25, 0.3) is 0 Å². The van der Waals surface area contributed by atoms with Crippen LogP contribution in [0.4, 0.5) is 0 Å². The largest absolute Gasteiger partial charge is 0.352 e. The highest BCUT2D eigenvalue weighted by atomic mass is 35.5. The highest BCUT2D eigenvalue weighted by Gasteiger charge is 2.20. The van der Waals surface area contributed by atoms with Crippen molar-refractivity contribution in [3.8, 4) is 0 Å². The molecule has 0 atom stereocenters. The molecule has 2 rings (SSSR count). The van der Waals surface area contributed by atoms with Gasteiger partial charge in [0.1, 0.15) is 5.15 Å². The molecule has 0 spiro atoms. The van der Waals surface area contributed by atoms with Crippen molar-refractivity contribution >= 4 is 17.5 Å². The summed E-state index contributed by atoms with van der Waals surface area (Å²) < 4.78 is 0. The van der Waals surface area contributed by atoms with Crippen LogP contribution in [-0.4, -0.2) is 17.4 Å². The van der Waals surface area contributed by atoms with Crippen molar-refractivity contribution in [2.75, 3.05) is 6.54 Å². The molecular weight excluding hydrogens is 260 g/mol. The Balaban J connectivity index is 1.78. The molecule has 1 amide bonds. The molecule has 0 bridgehead atoms. The van der Waals surface area contributed by atoms with Gasteiger partial charge in [0.05, 0.1) is 0 Å². The summed E-state index contributed by atoms with van der Waals surface area (Å²) in [4.78, 5) is 15.8. The minimum absolute atomic E-state index is 0.0538. The van der Waals surface area contributed by atoms with Gasteiger partial charge in [-0.25, -0.2) is 4.98 Å². The van der Waals surface area contributed by atoms with E-state index in [9.17, 15) is 4.79 Å². The molecule has 19 heavy (non-hydrogen) atoms. The first-order valence-corrected chi connectivity index (χ1v) is 7.46. The number of amides is 1. The lowest BCUT2D eigenvalue weighted by Gasteiger charge is -2.27. The summed E-state index contributed by atoms with van der Waals surface area (Å²) in [5, 5.41) is 3.36. The molecule has 0 unspecified atom stereocenters. The maximum atomic E-state index is 12.0. The second-order valence-corrected chi connectivity index (χ2v) is 5.76. The van der Waals surface area contributed by atoms with Crippen molar-refractivity contribution in [1.29, 1.82) is 0 Å². The molecule has 4 heteroatoms. The second-order valence-electron chi connectivity index (χ2n) is 5.37. The van der Waals surface area contributed by atoms with Gasteiger partial charge in [-0.05, 0) is 36.8 Å². The summed E-state index contributed by atoms with van der Waals surface area (Å²) in [6.45, 7) is 3.04. The summed E-state index contributed by atoms with van der Waals surface area (Å²) >= 11 is 5.78. The van der Waals surface area contributed by atoms with E-state index in [-0.39, 0.29) is 5.91 Å². The minimum atomic E-state index is -0.0538. The van der Waals surface area contributed by atoms with Gasteiger partial charge < -0.3 is 5.32 Å². The number of carbonyl (C=O) groups excluding carboxylic acids is 1. The molecule has 1 N–H and O–H groups in total. The number of rotatable bonds is 4. The predicted octanol–water partition coefficient (Wildman–Crippen LogP) is 3.68. The van der Waals surface area contributed by atoms with E-state index in [1.54, 1.807) is 18.3 Å². The number of carbonyl (C=O) groups is 1. The highest BCUT2D eigenvalue weighted by Crippen LogP contribution is 2.30. The molecular formula is C15H21ClN2O. The number of hydrogen-bond acceptors (Lipinski definition) is 2. The predicted molar refractivity (Wildman–Crippen MR) is 77.3 cm³/mol. The first-order chi connectivity index (χ1) is 9.19. The van der Waals surface area contributed by atoms with Crippen molar-refractivity contribution < 1.29 is 4.79 Å². The van der Waals surface area contributed by atoms with E-state index in [0.717, 1.165) is 12.5 Å². The molecule has 1 aromatic rings. The Morgan fingerprint density at radius 1 is 1.37 bits per heavy atom. The Morgan fingerprint density at radius 3 is 2.68 bits per heavy atom. The van der Waals surface area contributed by atoms with E-state index in [0.29, 0.717) is 16.6 Å². The Kier molecular flexibility index (Phi) is 5.20. The molecule has 0 saturated heterocycles. The Bertz CT molecular complexity index is 428. The zero-order chi connectivity index (χ0) is 13.7. The second kappa shape index (κ2) is 6.90. The first kappa shape index (κ1) is 14.3. The standard InChI is InChI=1S/C15H21ClN2O/c1-2-11-3-5-12(6-4-11)10-18-15(19)13-7-8-17-14(16)9-13/h7-9,11-12H,2-6,10H2,1H3,(H,18,19). The van der Waals surface area contributed by atoms with Crippen LogP contribution in [0.1, 0.15) is 49.4 Å². The van der Waals surface area contributed by atoms with E-state index in [1.807, 2.05) is 0 Å². The van der Waals surface area contributed by atoms with E-state index in [2.05, 4.69) is 17.2 Å². The van der Waals surface area contributed by atoms with Crippen molar-refractivity contribution in [2.45, 2.75) is 39.0 Å². The van der Waals surface area contributed by atoms with Crippen LogP contribution in [0.5, 0.6) is 0 Å². The fraction of sp³-hybridized carbons (Fsp3) is 0.600. The molecule has 0 radical (unpaired) electrons. The molecule has 1 fully saturated rings. The van der Waals surface area contributed by atoms with Crippen LogP contribution in [0, 0.1) is 11.8 Å². The van der Waals surface area contributed by atoms with Crippen molar-refractivity contribution in [3.63, 3.8) is 0 Å². The summed E-state index contributed by atoms with van der Waals surface area (Å²) in [7, 11) is 0. The van der Waals surface area contributed by atoms with Crippen molar-refractivity contribution in [2.24, 2.45) is 11.8 Å². The summed E-state index contributed by atoms with van der Waals surface area (Å²) in [5.41, 5.74) is 0.585. The van der Waals surface area contributed by atoms with Gasteiger partial charge in [0.15, 0.2) is 0 Å². The summed E-state index contributed by atoms with van der Waals surface area (Å²) in [6.07, 6.45) is 7.92. The van der Waals surface area contributed by atoms with Crippen LogP contribution in [0.2, 0.25) is 5.15 Å². The van der Waals surface area contributed by atoms with Gasteiger partial charge in [-0.2, -0.15) is 0 Å². The lowest BCUT2D eigenvalue weighted by atomic mass is 9.81. The molecule has 1 aromatic heterocycles. The van der Waals surface area contributed by atoms with Crippen LogP contribution in [-0.2, 0) is 0 Å². The third-order valence-electron chi connectivity index (χ3n) is 4.08. The summed E-state index contributed by atoms with van der Waals surface area (Å²) in [6, 6.07) is 3.29. The third-order valence-corrected chi connectivity index (χ3v) is 4.29. The number of hydrogen-bond donors (Lipinski definition) is 1. The van der Waals surface area contributed by atoms with Crippen molar-refractivity contribution in [1.82, 2.24) is 10.3 Å². The topological polar surface area (TPSA) is 42.0 Å². The Hall–Kier alpha value is -1.09. The number of halogens is 1. The van der Waals surface area contributed by atoms with Gasteiger partial charge in [0.25, 0.3) is 5.91 Å². The van der Waals surface area contributed by atoms with Crippen LogP contribution >= 0.6 is 11.6 Å². The molecule has 0 aromatic carbocycles. The van der Waals surface area contributed by atoms with E-state index in [1.165, 1.54) is 32.1 Å². The molecule has 1 aliphatic rings. The quantitative estimate of drug-likeness (QED) is 0.855. The zero-order valence-corrected chi connectivity index (χ0v) is 12.1. The van der Waals surface area contributed by atoms with Gasteiger partial charge in [-0.3, -0.25) is 4.79 Å². The smallest absolute Gasteiger partial charge is 0.251 e. The van der Waals surface area contributed by atoms with Gasteiger partial charge >= 0.3 is 0 Å². The third kappa shape index (κ3) is 4.20. The van der Waals surface area contributed by atoms with Gasteiger partial charge in [-0.1, -0.05) is 37.8 Å². The fourth-order valence-electron chi connectivity index (χ4n) is 2.73. The molecule has 3 nitrogen and oxygen atoms in total. The lowest BCUT2D eigenvalue weighted by molar-refractivity contribution is 0.0941. The van der Waals surface area contributed by atoms with Crippen LogP contribution < -0.4 is 5.32 Å². The molecule has 1 heterocycles. The summed E-state index contributed by atoms with van der Waals surface area (Å²) in [5.74, 6) is 1.47. The average Bonchev–Trinajstić information content (AvgIpc) is 2.45. The highest BCUT2D eigenvalue weighted by molar-refractivity contribution is 6.29. The maximum absolute atomic E-state index is 12.0. The minimum Gasteiger partial charge on any atom is -0.352 e. The molecule has 0 aliphatic heterocycles. The van der Waals surface area contributed by atoms with Gasteiger partial charge in [0.2, 0.25) is 0 Å². The Labute approximate surface area is 119 Å². The van der Waals surface area contributed by atoms with E-state index in [4.69, 9.17) is 11.6 Å². The number of nitrogens with zero attached hydrogens (tertiary/aromatic N) is 1. The molecule has 1 aliphatic carbocycles. The van der Waals surface area contributed by atoms with Crippen molar-refractivity contribution in [3.05, 3.63) is 29.0 Å². The van der Waals surface area contributed by atoms with E-state index < -0.39 is 0 Å². The number of pyridine rings is 1. The fourth-order valence-corrected chi connectivity index (χ4v) is 2.90. The molecule has 1 saturated carbocycles. The normalized spacial score (nSPS) is 23.1. The van der Waals surface area contributed by atoms with Crippen LogP contribution in [0.3, 0.4) is 0 Å². The molecule has 104 valence electrons. The van der Waals surface area contributed by atoms with Gasteiger partial charge in [0, 0.05) is 18.3 Å². The lowest BCUT2D eigenvalue weighted by Crippen LogP contribution is -2.31. The van der Waals surface area contributed by atoms with Gasteiger partial charge in [-0.15, -0.1) is 0 Å². The first-order valence-electron chi connectivity index (χ1n) is 7.08. The monoisotopic (exact) mass is 280 g/mol. The SMILES string of the molecule is CCC1CCC(CNC(=O)c2ccnc(Cl)c2)CC1. The number of nitrogens with one attached hydrogen (secondary N) is 1. The maximum Gasteiger partial charge on any atom is 0.251 e. The Morgan fingerprint density at radius 2 is 2.05 bits per heavy atom. The van der Waals surface area contributed by atoms with Crippen LogP contribution in [0.15, 0.2) is 18.3 Å². The zero-order valence-electron chi connectivity index (χ0n) is 11.4. The number of aromatic nitrogens is 1.